The minimum Gasteiger partial charge on any atom is -0.481 e. The summed E-state index contributed by atoms with van der Waals surface area (Å²) in [6.45, 7) is 1.99. The van der Waals surface area contributed by atoms with E-state index in [0.717, 1.165) is 23.3 Å². The van der Waals surface area contributed by atoms with Crippen LogP contribution >= 0.6 is 11.3 Å². The van der Waals surface area contributed by atoms with Crippen molar-refractivity contribution in [3.05, 3.63) is 46.8 Å². The molecule has 2 N–H and O–H groups in total. The van der Waals surface area contributed by atoms with Crippen molar-refractivity contribution >= 4 is 33.0 Å². The molecule has 0 aliphatic carbocycles. The summed E-state index contributed by atoms with van der Waals surface area (Å²) >= 11 is 0.966. The van der Waals surface area contributed by atoms with E-state index in [1.807, 2.05) is 13.0 Å². The molecular weight excluding hydrogens is 310 g/mol. The van der Waals surface area contributed by atoms with Crippen LogP contribution in [0, 0.1) is 0 Å². The van der Waals surface area contributed by atoms with Crippen molar-refractivity contribution in [3.63, 3.8) is 0 Å². The standard InChI is InChI=1S/C14H15NO4S2/c1-2-10-4-3-5-11(8-10)15-21(18,19)14-7-6-12(20-14)9-13(16)17/h3-8,15H,2,9H2,1H3,(H,16,17). The van der Waals surface area contributed by atoms with E-state index < -0.39 is 16.0 Å². The second kappa shape index (κ2) is 6.28. The van der Waals surface area contributed by atoms with Crippen LogP contribution in [0.3, 0.4) is 0 Å². The van der Waals surface area contributed by atoms with E-state index in [-0.39, 0.29) is 10.6 Å². The molecule has 0 saturated heterocycles. The third kappa shape index (κ3) is 4.05. The topological polar surface area (TPSA) is 83.5 Å². The van der Waals surface area contributed by atoms with Gasteiger partial charge in [-0.3, -0.25) is 9.52 Å². The Kier molecular flexibility index (Phi) is 4.64. The van der Waals surface area contributed by atoms with E-state index in [2.05, 4.69) is 4.72 Å². The lowest BCUT2D eigenvalue weighted by atomic mass is 10.1. The maximum atomic E-state index is 12.3. The molecule has 21 heavy (non-hydrogen) atoms. The first-order chi connectivity index (χ1) is 9.90. The Morgan fingerprint density at radius 1 is 1.29 bits per heavy atom. The summed E-state index contributed by atoms with van der Waals surface area (Å²) in [5, 5.41) is 8.71. The molecule has 0 bridgehead atoms. The van der Waals surface area contributed by atoms with Gasteiger partial charge in [0, 0.05) is 10.6 Å². The highest BCUT2D eigenvalue weighted by Gasteiger charge is 2.17. The Morgan fingerprint density at radius 2 is 2.05 bits per heavy atom. The Morgan fingerprint density at radius 3 is 2.71 bits per heavy atom. The van der Waals surface area contributed by atoms with Crippen LogP contribution in [-0.2, 0) is 27.7 Å². The Hall–Kier alpha value is -1.86. The predicted molar refractivity (Wildman–Crippen MR) is 82.3 cm³/mol. The Balaban J connectivity index is 2.21. The van der Waals surface area contributed by atoms with E-state index in [0.29, 0.717) is 10.6 Å². The van der Waals surface area contributed by atoms with Crippen molar-refractivity contribution in [2.75, 3.05) is 4.72 Å². The normalized spacial score (nSPS) is 11.3. The van der Waals surface area contributed by atoms with Crippen molar-refractivity contribution in [3.8, 4) is 0 Å². The molecule has 0 aliphatic heterocycles. The lowest BCUT2D eigenvalue weighted by molar-refractivity contribution is -0.136. The number of hydrogen-bond acceptors (Lipinski definition) is 4. The van der Waals surface area contributed by atoms with Gasteiger partial charge >= 0.3 is 5.97 Å². The van der Waals surface area contributed by atoms with Crippen molar-refractivity contribution in [2.45, 2.75) is 24.0 Å². The van der Waals surface area contributed by atoms with Crippen LogP contribution in [0.1, 0.15) is 17.4 Å². The van der Waals surface area contributed by atoms with Gasteiger partial charge in [-0.15, -0.1) is 11.3 Å². The molecule has 2 rings (SSSR count). The second-order valence-corrected chi connectivity index (χ2v) is 7.53. The van der Waals surface area contributed by atoms with Crippen LogP contribution in [0.25, 0.3) is 0 Å². The van der Waals surface area contributed by atoms with Crippen LogP contribution in [0.5, 0.6) is 0 Å². The second-order valence-electron chi connectivity index (χ2n) is 4.45. The molecule has 0 amide bonds. The molecule has 0 spiro atoms. The minimum absolute atomic E-state index is 0.112. The molecule has 1 aromatic heterocycles. The van der Waals surface area contributed by atoms with Crippen LogP contribution in [-0.4, -0.2) is 19.5 Å². The molecule has 0 aliphatic rings. The van der Waals surface area contributed by atoms with E-state index >= 15 is 0 Å². The summed E-state index contributed by atoms with van der Waals surface area (Å²) in [7, 11) is -3.68. The summed E-state index contributed by atoms with van der Waals surface area (Å²) < 4.78 is 27.1. The third-order valence-electron chi connectivity index (χ3n) is 2.81. The zero-order valence-electron chi connectivity index (χ0n) is 11.4. The van der Waals surface area contributed by atoms with Crippen LogP contribution < -0.4 is 4.72 Å². The fourth-order valence-corrected chi connectivity index (χ4v) is 4.20. The highest BCUT2D eigenvalue weighted by Crippen LogP contribution is 2.24. The number of nitrogens with one attached hydrogen (secondary N) is 1. The number of carboxylic acid groups (broad SMARTS) is 1. The van der Waals surface area contributed by atoms with E-state index in [1.165, 1.54) is 12.1 Å². The number of benzene rings is 1. The maximum Gasteiger partial charge on any atom is 0.308 e. The van der Waals surface area contributed by atoms with Gasteiger partial charge in [-0.25, -0.2) is 8.42 Å². The first-order valence-corrected chi connectivity index (χ1v) is 8.63. The van der Waals surface area contributed by atoms with Gasteiger partial charge < -0.3 is 5.11 Å². The molecular formula is C14H15NO4S2. The highest BCUT2D eigenvalue weighted by molar-refractivity contribution is 7.94. The Bertz CT molecular complexity index is 750. The number of carboxylic acids is 1. The van der Waals surface area contributed by atoms with Crippen molar-refractivity contribution in [1.29, 1.82) is 0 Å². The number of rotatable bonds is 6. The number of anilines is 1. The van der Waals surface area contributed by atoms with Gasteiger partial charge in [0.2, 0.25) is 0 Å². The third-order valence-corrected chi connectivity index (χ3v) is 5.77. The van der Waals surface area contributed by atoms with E-state index in [4.69, 9.17) is 5.11 Å². The summed E-state index contributed by atoms with van der Waals surface area (Å²) in [6, 6.07) is 10.1. The summed E-state index contributed by atoms with van der Waals surface area (Å²) in [5.74, 6) is -0.982. The molecule has 0 saturated carbocycles. The molecule has 0 radical (unpaired) electrons. The largest absolute Gasteiger partial charge is 0.481 e. The number of sulfonamides is 1. The van der Waals surface area contributed by atoms with Crippen molar-refractivity contribution < 1.29 is 18.3 Å². The SMILES string of the molecule is CCc1cccc(NS(=O)(=O)c2ccc(CC(=O)O)s2)c1. The lowest BCUT2D eigenvalue weighted by Gasteiger charge is -2.07. The molecule has 0 atom stereocenters. The number of carbonyl (C=O) groups is 1. The van der Waals surface area contributed by atoms with Crippen LogP contribution in [0.15, 0.2) is 40.6 Å². The molecule has 0 fully saturated rings. The highest BCUT2D eigenvalue weighted by atomic mass is 32.2. The van der Waals surface area contributed by atoms with Gasteiger partial charge in [0.25, 0.3) is 10.0 Å². The number of thiophene rings is 1. The molecule has 2 aromatic rings. The van der Waals surface area contributed by atoms with Crippen molar-refractivity contribution in [2.24, 2.45) is 0 Å². The van der Waals surface area contributed by atoms with Crippen LogP contribution in [0.2, 0.25) is 0 Å². The van der Waals surface area contributed by atoms with E-state index in [9.17, 15) is 13.2 Å². The zero-order chi connectivity index (χ0) is 15.5. The first kappa shape index (κ1) is 15.5. The summed E-state index contributed by atoms with van der Waals surface area (Å²) in [5.41, 5.74) is 1.54. The smallest absolute Gasteiger partial charge is 0.308 e. The van der Waals surface area contributed by atoms with Gasteiger partial charge in [0.15, 0.2) is 0 Å². The van der Waals surface area contributed by atoms with Gasteiger partial charge in [0.1, 0.15) is 4.21 Å². The molecule has 1 heterocycles. The molecule has 0 unspecified atom stereocenters. The monoisotopic (exact) mass is 325 g/mol. The fourth-order valence-electron chi connectivity index (χ4n) is 1.81. The first-order valence-electron chi connectivity index (χ1n) is 6.33. The summed E-state index contributed by atoms with van der Waals surface area (Å²) in [6.07, 6.45) is 0.642. The summed E-state index contributed by atoms with van der Waals surface area (Å²) in [4.78, 5) is 11.1. The lowest BCUT2D eigenvalue weighted by Crippen LogP contribution is -2.11. The van der Waals surface area contributed by atoms with Gasteiger partial charge in [-0.05, 0) is 36.2 Å². The van der Waals surface area contributed by atoms with Crippen molar-refractivity contribution in [1.82, 2.24) is 0 Å². The van der Waals surface area contributed by atoms with E-state index in [1.54, 1.807) is 18.2 Å². The number of aliphatic carboxylic acids is 1. The molecule has 1 aromatic carbocycles. The predicted octanol–water partition coefficient (Wildman–Crippen LogP) is 2.74. The Labute approximate surface area is 127 Å². The molecule has 112 valence electrons. The average molecular weight is 325 g/mol. The maximum absolute atomic E-state index is 12.3. The van der Waals surface area contributed by atoms with Crippen LogP contribution in [0.4, 0.5) is 5.69 Å². The molecule has 5 nitrogen and oxygen atoms in total. The fraction of sp³-hybridized carbons (Fsp3) is 0.214. The number of aryl methyl sites for hydroxylation is 1. The molecule has 7 heteroatoms. The zero-order valence-corrected chi connectivity index (χ0v) is 13.0. The minimum atomic E-state index is -3.68. The van der Waals surface area contributed by atoms with Gasteiger partial charge in [0.05, 0.1) is 6.42 Å². The number of hydrogen-bond donors (Lipinski definition) is 2. The van der Waals surface area contributed by atoms with Gasteiger partial charge in [-0.1, -0.05) is 19.1 Å². The quantitative estimate of drug-likeness (QED) is 0.855. The van der Waals surface area contributed by atoms with Gasteiger partial charge in [-0.2, -0.15) is 0 Å². The average Bonchev–Trinajstić information content (AvgIpc) is 2.87.